The van der Waals surface area contributed by atoms with Gasteiger partial charge in [-0.05, 0) is 44.7 Å². The molecule has 1 atom stereocenters. The number of guanidine groups is 1. The number of nitrogens with zero attached hydrogens (tertiary/aromatic N) is 3. The normalized spacial score (nSPS) is 22.5. The molecule has 0 aromatic heterocycles. The van der Waals surface area contributed by atoms with E-state index in [2.05, 4.69) is 11.1 Å². The third kappa shape index (κ3) is 5.28. The summed E-state index contributed by atoms with van der Waals surface area (Å²) in [5.41, 5.74) is 6.85. The number of fused-ring (bicyclic) bond motifs is 1. The summed E-state index contributed by atoms with van der Waals surface area (Å²) in [6.45, 7) is 8.11. The lowest BCUT2D eigenvalue weighted by Gasteiger charge is -2.36. The van der Waals surface area contributed by atoms with Gasteiger partial charge in [-0.25, -0.2) is 9.79 Å². The standard InChI is InChI=1S/C20H30N4O3.HI/c1-19(2,3)27-18(25)24-12-10-23(11-13-24)17(21)22-14-20(26)9-8-15-6-4-5-7-16(15)20;/h4-7,26H,8-14H2,1-3H3,(H2,21,22);1H. The molecule has 28 heavy (non-hydrogen) atoms. The molecule has 7 nitrogen and oxygen atoms in total. The molecule has 3 rings (SSSR count). The van der Waals surface area contributed by atoms with Crippen LogP contribution in [0.3, 0.4) is 0 Å². The van der Waals surface area contributed by atoms with E-state index < -0.39 is 11.2 Å². The van der Waals surface area contributed by atoms with Crippen LogP contribution in [0.4, 0.5) is 4.79 Å². The largest absolute Gasteiger partial charge is 0.444 e. The summed E-state index contributed by atoms with van der Waals surface area (Å²) in [4.78, 5) is 20.2. The molecule has 0 radical (unpaired) electrons. The van der Waals surface area contributed by atoms with Crippen molar-refractivity contribution in [1.29, 1.82) is 0 Å². The van der Waals surface area contributed by atoms with Crippen LogP contribution in [0.5, 0.6) is 0 Å². The lowest BCUT2D eigenvalue weighted by atomic mass is 9.96. The van der Waals surface area contributed by atoms with Crippen LogP contribution < -0.4 is 5.73 Å². The van der Waals surface area contributed by atoms with E-state index in [9.17, 15) is 9.90 Å². The van der Waals surface area contributed by atoms with Crippen LogP contribution in [-0.4, -0.2) is 65.3 Å². The molecule has 1 saturated heterocycles. The van der Waals surface area contributed by atoms with E-state index in [0.29, 0.717) is 38.6 Å². The van der Waals surface area contributed by atoms with Gasteiger partial charge in [-0.2, -0.15) is 0 Å². The molecule has 1 aliphatic heterocycles. The van der Waals surface area contributed by atoms with Gasteiger partial charge in [0.15, 0.2) is 5.96 Å². The monoisotopic (exact) mass is 502 g/mol. The number of aryl methyl sites for hydroxylation is 1. The second-order valence-electron chi connectivity index (χ2n) is 8.32. The molecular formula is C20H31IN4O3. The Kier molecular flexibility index (Phi) is 7.19. The number of aliphatic hydroxyl groups is 1. The molecule has 0 saturated carbocycles. The number of halogens is 1. The molecule has 1 fully saturated rings. The highest BCUT2D eigenvalue weighted by Gasteiger charge is 2.36. The summed E-state index contributed by atoms with van der Waals surface area (Å²) < 4.78 is 5.41. The number of nitrogens with two attached hydrogens (primary N) is 1. The summed E-state index contributed by atoms with van der Waals surface area (Å²) in [6.07, 6.45) is 1.22. The van der Waals surface area contributed by atoms with Gasteiger partial charge in [0.2, 0.25) is 0 Å². The van der Waals surface area contributed by atoms with Crippen molar-refractivity contribution in [3.63, 3.8) is 0 Å². The Labute approximate surface area is 183 Å². The SMILES string of the molecule is CC(C)(C)OC(=O)N1CCN(C(N)=NCC2(O)CCc3ccccc32)CC1.I. The molecule has 1 heterocycles. The van der Waals surface area contributed by atoms with Crippen LogP contribution in [0.2, 0.25) is 0 Å². The van der Waals surface area contributed by atoms with Crippen LogP contribution in [-0.2, 0) is 16.8 Å². The number of amides is 1. The second-order valence-corrected chi connectivity index (χ2v) is 8.32. The van der Waals surface area contributed by atoms with Gasteiger partial charge in [0.05, 0.1) is 6.54 Å². The minimum atomic E-state index is -0.945. The fourth-order valence-electron chi connectivity index (χ4n) is 3.59. The van der Waals surface area contributed by atoms with Crippen LogP contribution in [0, 0.1) is 0 Å². The minimum Gasteiger partial charge on any atom is -0.444 e. The van der Waals surface area contributed by atoms with Gasteiger partial charge in [0.25, 0.3) is 0 Å². The van der Waals surface area contributed by atoms with Gasteiger partial charge in [-0.15, -0.1) is 24.0 Å². The number of carbonyl (C=O) groups excluding carboxylic acids is 1. The Morgan fingerprint density at radius 2 is 1.82 bits per heavy atom. The van der Waals surface area contributed by atoms with E-state index >= 15 is 0 Å². The Balaban J connectivity index is 0.00000280. The minimum absolute atomic E-state index is 0. The van der Waals surface area contributed by atoms with Crippen LogP contribution in [0.1, 0.15) is 38.3 Å². The summed E-state index contributed by atoms with van der Waals surface area (Å²) in [7, 11) is 0. The summed E-state index contributed by atoms with van der Waals surface area (Å²) in [5, 5.41) is 11.0. The predicted octanol–water partition coefficient (Wildman–Crippen LogP) is 2.31. The second kappa shape index (κ2) is 8.86. The highest BCUT2D eigenvalue weighted by atomic mass is 127. The van der Waals surface area contributed by atoms with Crippen molar-refractivity contribution in [2.24, 2.45) is 10.7 Å². The van der Waals surface area contributed by atoms with Crippen molar-refractivity contribution in [2.45, 2.75) is 44.8 Å². The lowest BCUT2D eigenvalue weighted by Crippen LogP contribution is -2.53. The Hall–Kier alpha value is -1.55. The summed E-state index contributed by atoms with van der Waals surface area (Å²) >= 11 is 0. The highest BCUT2D eigenvalue weighted by Crippen LogP contribution is 2.36. The Morgan fingerprint density at radius 1 is 1.21 bits per heavy atom. The van der Waals surface area contributed by atoms with Crippen molar-refractivity contribution in [3.8, 4) is 0 Å². The smallest absolute Gasteiger partial charge is 0.410 e. The van der Waals surface area contributed by atoms with E-state index in [-0.39, 0.29) is 36.6 Å². The van der Waals surface area contributed by atoms with Crippen molar-refractivity contribution in [2.75, 3.05) is 32.7 Å². The van der Waals surface area contributed by atoms with E-state index in [0.717, 1.165) is 12.0 Å². The molecule has 3 N–H and O–H groups in total. The van der Waals surface area contributed by atoms with Gasteiger partial charge < -0.3 is 25.4 Å². The first-order chi connectivity index (χ1) is 12.7. The molecule has 1 aromatic rings. The van der Waals surface area contributed by atoms with Crippen LogP contribution in [0.15, 0.2) is 29.3 Å². The number of hydrogen-bond donors (Lipinski definition) is 2. The van der Waals surface area contributed by atoms with E-state index in [1.165, 1.54) is 5.56 Å². The van der Waals surface area contributed by atoms with Crippen LogP contribution in [0.25, 0.3) is 0 Å². The molecule has 0 spiro atoms. The maximum absolute atomic E-state index is 12.1. The average molecular weight is 502 g/mol. The fraction of sp³-hybridized carbons (Fsp3) is 0.600. The zero-order chi connectivity index (χ0) is 19.7. The van der Waals surface area contributed by atoms with Gasteiger partial charge >= 0.3 is 6.09 Å². The number of aliphatic imine (C=N–C) groups is 1. The molecule has 1 aliphatic carbocycles. The van der Waals surface area contributed by atoms with Gasteiger partial charge in [-0.3, -0.25) is 0 Å². The number of benzene rings is 1. The van der Waals surface area contributed by atoms with Gasteiger partial charge in [0, 0.05) is 26.2 Å². The first-order valence-corrected chi connectivity index (χ1v) is 9.51. The maximum atomic E-state index is 12.1. The van der Waals surface area contributed by atoms with Crippen molar-refractivity contribution in [1.82, 2.24) is 9.80 Å². The van der Waals surface area contributed by atoms with Gasteiger partial charge in [0.1, 0.15) is 11.2 Å². The quantitative estimate of drug-likeness (QED) is 0.368. The molecule has 1 amide bonds. The predicted molar refractivity (Wildman–Crippen MR) is 120 cm³/mol. The maximum Gasteiger partial charge on any atom is 0.410 e. The number of hydrogen-bond acceptors (Lipinski definition) is 4. The highest BCUT2D eigenvalue weighted by molar-refractivity contribution is 14.0. The van der Waals surface area contributed by atoms with Gasteiger partial charge in [-0.1, -0.05) is 24.3 Å². The zero-order valence-electron chi connectivity index (χ0n) is 16.9. The Morgan fingerprint density at radius 3 is 2.46 bits per heavy atom. The number of carbonyl (C=O) groups is 1. The number of ether oxygens (including phenoxy) is 1. The first-order valence-electron chi connectivity index (χ1n) is 9.51. The molecule has 1 aromatic carbocycles. The molecule has 0 bridgehead atoms. The van der Waals surface area contributed by atoms with Crippen molar-refractivity contribution < 1.29 is 14.6 Å². The zero-order valence-corrected chi connectivity index (χ0v) is 19.2. The van der Waals surface area contributed by atoms with E-state index in [1.54, 1.807) is 4.90 Å². The lowest BCUT2D eigenvalue weighted by molar-refractivity contribution is 0.0185. The third-order valence-corrected chi connectivity index (χ3v) is 5.08. The summed E-state index contributed by atoms with van der Waals surface area (Å²) in [5.74, 6) is 0.414. The average Bonchev–Trinajstić information content (AvgIpc) is 2.96. The topological polar surface area (TPSA) is 91.4 Å². The van der Waals surface area contributed by atoms with Crippen molar-refractivity contribution in [3.05, 3.63) is 35.4 Å². The van der Waals surface area contributed by atoms with E-state index in [1.807, 2.05) is 43.9 Å². The molecular weight excluding hydrogens is 471 g/mol. The fourth-order valence-corrected chi connectivity index (χ4v) is 3.59. The Bertz CT molecular complexity index is 726. The molecule has 1 unspecified atom stereocenters. The number of piperazine rings is 1. The molecule has 156 valence electrons. The van der Waals surface area contributed by atoms with Crippen LogP contribution >= 0.6 is 24.0 Å². The van der Waals surface area contributed by atoms with Crippen molar-refractivity contribution >= 4 is 36.0 Å². The molecule has 8 heteroatoms. The molecule has 2 aliphatic rings. The third-order valence-electron chi connectivity index (χ3n) is 5.08. The first kappa shape index (κ1) is 22.7. The van der Waals surface area contributed by atoms with E-state index in [4.69, 9.17) is 10.5 Å². The summed E-state index contributed by atoms with van der Waals surface area (Å²) in [6, 6.07) is 7.95. The number of rotatable bonds is 2.